The maximum atomic E-state index is 12.7. The zero-order chi connectivity index (χ0) is 18.1. The Labute approximate surface area is 150 Å². The van der Waals surface area contributed by atoms with E-state index < -0.39 is 0 Å². The number of benzene rings is 1. The molecule has 1 aliphatic rings. The van der Waals surface area contributed by atoms with E-state index in [9.17, 15) is 9.59 Å². The lowest BCUT2D eigenvalue weighted by Gasteiger charge is -2.21. The van der Waals surface area contributed by atoms with Gasteiger partial charge in [0, 0.05) is 37.3 Å². The van der Waals surface area contributed by atoms with Gasteiger partial charge in [-0.3, -0.25) is 9.59 Å². The molecule has 0 aromatic heterocycles. The van der Waals surface area contributed by atoms with E-state index in [1.807, 2.05) is 4.90 Å². The third kappa shape index (κ3) is 5.71. The molecule has 5 heteroatoms. The number of amides is 2. The van der Waals surface area contributed by atoms with E-state index in [1.54, 1.807) is 24.3 Å². The molecule has 2 amide bonds. The van der Waals surface area contributed by atoms with Crippen LogP contribution in [0.2, 0.25) is 0 Å². The summed E-state index contributed by atoms with van der Waals surface area (Å²) in [5, 5.41) is 6.21. The third-order valence-corrected chi connectivity index (χ3v) is 4.28. The van der Waals surface area contributed by atoms with Crippen molar-refractivity contribution < 1.29 is 9.59 Å². The molecule has 1 aromatic carbocycles. The zero-order valence-corrected chi connectivity index (χ0v) is 15.3. The summed E-state index contributed by atoms with van der Waals surface area (Å²) in [7, 11) is 0. The Bertz CT molecular complexity index is 619. The van der Waals surface area contributed by atoms with Crippen molar-refractivity contribution in [3.05, 3.63) is 47.0 Å². The lowest BCUT2D eigenvalue weighted by molar-refractivity contribution is 0.0755. The van der Waals surface area contributed by atoms with Gasteiger partial charge >= 0.3 is 0 Å². The first-order valence-electron chi connectivity index (χ1n) is 9.21. The molecular weight excluding hydrogens is 314 g/mol. The zero-order valence-electron chi connectivity index (χ0n) is 15.3. The number of hydrogen-bond donors (Lipinski definition) is 2. The molecule has 0 bridgehead atoms. The van der Waals surface area contributed by atoms with Crippen molar-refractivity contribution in [2.75, 3.05) is 32.7 Å². The number of carbonyl (C=O) groups is 2. The Morgan fingerprint density at radius 3 is 2.52 bits per heavy atom. The molecule has 0 aliphatic carbocycles. The molecule has 0 atom stereocenters. The highest BCUT2D eigenvalue weighted by molar-refractivity contribution is 5.99. The predicted molar refractivity (Wildman–Crippen MR) is 101 cm³/mol. The van der Waals surface area contributed by atoms with Crippen LogP contribution in [0.1, 0.15) is 53.8 Å². The second-order valence-electron chi connectivity index (χ2n) is 6.37. The van der Waals surface area contributed by atoms with Crippen LogP contribution in [0.5, 0.6) is 0 Å². The van der Waals surface area contributed by atoms with E-state index in [0.717, 1.165) is 45.4 Å². The van der Waals surface area contributed by atoms with Gasteiger partial charge in [-0.05, 0) is 44.0 Å². The van der Waals surface area contributed by atoms with Crippen LogP contribution in [-0.2, 0) is 0 Å². The summed E-state index contributed by atoms with van der Waals surface area (Å²) in [5.41, 5.74) is 2.36. The van der Waals surface area contributed by atoms with Gasteiger partial charge in [0.05, 0.1) is 0 Å². The molecule has 25 heavy (non-hydrogen) atoms. The van der Waals surface area contributed by atoms with Gasteiger partial charge < -0.3 is 15.5 Å². The minimum atomic E-state index is -0.133. The van der Waals surface area contributed by atoms with Crippen molar-refractivity contribution in [2.45, 2.75) is 33.1 Å². The Kier molecular flexibility index (Phi) is 7.67. The minimum absolute atomic E-state index is 0.000543. The van der Waals surface area contributed by atoms with Crippen LogP contribution in [0.3, 0.4) is 0 Å². The Balaban J connectivity index is 2.02. The second kappa shape index (κ2) is 9.99. The standard InChI is InChI=1S/C20H29N3O2/c1-3-12-23(13-4-2)20(25)18-7-5-6-17(14-18)19(24)22-15-16-8-10-21-11-9-16/h5-8,14,21H,3-4,9-13,15H2,1-2H3,(H,22,24). The first-order chi connectivity index (χ1) is 12.2. The lowest BCUT2D eigenvalue weighted by Crippen LogP contribution is -2.33. The van der Waals surface area contributed by atoms with E-state index in [0.29, 0.717) is 17.7 Å². The van der Waals surface area contributed by atoms with Gasteiger partial charge in [-0.1, -0.05) is 31.6 Å². The average molecular weight is 343 g/mol. The smallest absolute Gasteiger partial charge is 0.253 e. The van der Waals surface area contributed by atoms with Crippen LogP contribution in [0.25, 0.3) is 0 Å². The van der Waals surface area contributed by atoms with E-state index in [4.69, 9.17) is 0 Å². The summed E-state index contributed by atoms with van der Waals surface area (Å²) in [5.74, 6) is -0.133. The van der Waals surface area contributed by atoms with E-state index in [2.05, 4.69) is 30.6 Å². The van der Waals surface area contributed by atoms with Gasteiger partial charge in [-0.25, -0.2) is 0 Å². The highest BCUT2D eigenvalue weighted by Crippen LogP contribution is 2.11. The summed E-state index contributed by atoms with van der Waals surface area (Å²) in [4.78, 5) is 26.9. The van der Waals surface area contributed by atoms with Crippen LogP contribution in [0.4, 0.5) is 0 Å². The van der Waals surface area contributed by atoms with Gasteiger partial charge in [-0.15, -0.1) is 0 Å². The van der Waals surface area contributed by atoms with Crippen molar-refractivity contribution in [3.63, 3.8) is 0 Å². The SMILES string of the molecule is CCCN(CCC)C(=O)c1cccc(C(=O)NCC2=CCNCC2)c1. The van der Waals surface area contributed by atoms with E-state index in [-0.39, 0.29) is 11.8 Å². The van der Waals surface area contributed by atoms with Crippen LogP contribution >= 0.6 is 0 Å². The minimum Gasteiger partial charge on any atom is -0.348 e. The molecule has 0 saturated carbocycles. The molecule has 0 unspecified atom stereocenters. The number of rotatable bonds is 8. The number of nitrogens with one attached hydrogen (secondary N) is 2. The molecular formula is C20H29N3O2. The average Bonchev–Trinajstić information content (AvgIpc) is 2.66. The predicted octanol–water partition coefficient (Wildman–Crippen LogP) is 2.60. The van der Waals surface area contributed by atoms with Crippen molar-refractivity contribution in [2.24, 2.45) is 0 Å². The van der Waals surface area contributed by atoms with Gasteiger partial charge in [0.2, 0.25) is 0 Å². The van der Waals surface area contributed by atoms with Crippen molar-refractivity contribution >= 4 is 11.8 Å². The first-order valence-corrected chi connectivity index (χ1v) is 9.21. The highest BCUT2D eigenvalue weighted by Gasteiger charge is 2.16. The normalized spacial score (nSPS) is 13.9. The first kappa shape index (κ1) is 19.2. The van der Waals surface area contributed by atoms with Crippen LogP contribution in [0, 0.1) is 0 Å². The van der Waals surface area contributed by atoms with Gasteiger partial charge in [0.1, 0.15) is 0 Å². The Hall–Kier alpha value is -2.14. The summed E-state index contributed by atoms with van der Waals surface area (Å²) in [6.07, 6.45) is 4.94. The number of nitrogens with zero attached hydrogens (tertiary/aromatic N) is 1. The molecule has 0 saturated heterocycles. The van der Waals surface area contributed by atoms with Gasteiger partial charge in [0.15, 0.2) is 0 Å². The molecule has 1 aliphatic heterocycles. The molecule has 1 heterocycles. The molecule has 0 spiro atoms. The molecule has 2 N–H and O–H groups in total. The van der Waals surface area contributed by atoms with Crippen molar-refractivity contribution in [1.29, 1.82) is 0 Å². The molecule has 0 radical (unpaired) electrons. The number of carbonyl (C=O) groups excluding carboxylic acids is 2. The van der Waals surface area contributed by atoms with Gasteiger partial charge in [0.25, 0.3) is 11.8 Å². The molecule has 0 fully saturated rings. The fourth-order valence-corrected chi connectivity index (χ4v) is 2.96. The van der Waals surface area contributed by atoms with E-state index >= 15 is 0 Å². The summed E-state index contributed by atoms with van der Waals surface area (Å²) >= 11 is 0. The van der Waals surface area contributed by atoms with Crippen molar-refractivity contribution in [1.82, 2.24) is 15.5 Å². The summed E-state index contributed by atoms with van der Waals surface area (Å²) in [6.45, 7) is 7.99. The van der Waals surface area contributed by atoms with Crippen LogP contribution < -0.4 is 10.6 Å². The number of hydrogen-bond acceptors (Lipinski definition) is 3. The quantitative estimate of drug-likeness (QED) is 0.713. The summed E-state index contributed by atoms with van der Waals surface area (Å²) in [6, 6.07) is 7.02. The largest absolute Gasteiger partial charge is 0.348 e. The monoisotopic (exact) mass is 343 g/mol. The molecule has 136 valence electrons. The third-order valence-electron chi connectivity index (χ3n) is 4.28. The Morgan fingerprint density at radius 1 is 1.16 bits per heavy atom. The van der Waals surface area contributed by atoms with Crippen LogP contribution in [-0.4, -0.2) is 49.4 Å². The second-order valence-corrected chi connectivity index (χ2v) is 6.37. The van der Waals surface area contributed by atoms with Crippen LogP contribution in [0.15, 0.2) is 35.9 Å². The fraction of sp³-hybridized carbons (Fsp3) is 0.500. The molecule has 5 nitrogen and oxygen atoms in total. The summed E-state index contributed by atoms with van der Waals surface area (Å²) < 4.78 is 0. The Morgan fingerprint density at radius 2 is 1.88 bits per heavy atom. The lowest BCUT2D eigenvalue weighted by atomic mass is 10.1. The maximum Gasteiger partial charge on any atom is 0.253 e. The maximum absolute atomic E-state index is 12.7. The van der Waals surface area contributed by atoms with Gasteiger partial charge in [-0.2, -0.15) is 0 Å². The van der Waals surface area contributed by atoms with E-state index in [1.165, 1.54) is 5.57 Å². The molecule has 2 rings (SSSR count). The fourth-order valence-electron chi connectivity index (χ4n) is 2.96. The molecule has 1 aromatic rings. The highest BCUT2D eigenvalue weighted by atomic mass is 16.2. The topological polar surface area (TPSA) is 61.4 Å². The van der Waals surface area contributed by atoms with Crippen molar-refractivity contribution in [3.8, 4) is 0 Å².